The summed E-state index contributed by atoms with van der Waals surface area (Å²) in [6, 6.07) is 5.72. The van der Waals surface area contributed by atoms with Crippen molar-refractivity contribution in [1.82, 2.24) is 0 Å². The van der Waals surface area contributed by atoms with Gasteiger partial charge in [-0.25, -0.2) is 0 Å². The Morgan fingerprint density at radius 1 is 1.35 bits per heavy atom. The third-order valence-corrected chi connectivity index (χ3v) is 3.87. The molecule has 2 rings (SSSR count). The van der Waals surface area contributed by atoms with Gasteiger partial charge in [-0.05, 0) is 57.4 Å². The number of aliphatic carboxylic acids is 1. The van der Waals surface area contributed by atoms with Gasteiger partial charge in [-0.15, -0.1) is 0 Å². The molecule has 1 aromatic rings. The molecule has 0 aliphatic carbocycles. The van der Waals surface area contributed by atoms with Crippen molar-refractivity contribution < 1.29 is 14.7 Å². The molecule has 0 fully saturated rings. The van der Waals surface area contributed by atoms with E-state index in [0.29, 0.717) is 6.54 Å². The molecule has 108 valence electrons. The molecule has 1 N–H and O–H groups in total. The standard InChI is InChI=1S/C16H21NO3/c1-11(18)12-6-7-14-13(9-12)5-4-8-17(14)10-16(2,3)15(19)20/h6-7,9H,4-5,8,10H2,1-3H3,(H,19,20). The van der Waals surface area contributed by atoms with Crippen molar-refractivity contribution in [3.05, 3.63) is 29.3 Å². The summed E-state index contributed by atoms with van der Waals surface area (Å²) < 4.78 is 0. The average molecular weight is 275 g/mol. The van der Waals surface area contributed by atoms with Gasteiger partial charge in [0.2, 0.25) is 0 Å². The van der Waals surface area contributed by atoms with Crippen LogP contribution in [0.25, 0.3) is 0 Å². The SMILES string of the molecule is CC(=O)c1ccc2c(c1)CCCN2CC(C)(C)C(=O)O. The molecule has 0 unspecified atom stereocenters. The first-order valence-corrected chi connectivity index (χ1v) is 6.93. The van der Waals surface area contributed by atoms with Gasteiger partial charge in [0.1, 0.15) is 0 Å². The maximum atomic E-state index is 11.4. The maximum absolute atomic E-state index is 11.4. The van der Waals surface area contributed by atoms with Crippen LogP contribution in [0.3, 0.4) is 0 Å². The second-order valence-corrected chi connectivity index (χ2v) is 6.11. The summed E-state index contributed by atoms with van der Waals surface area (Å²) in [5.74, 6) is -0.722. The van der Waals surface area contributed by atoms with E-state index in [0.717, 1.165) is 36.2 Å². The topological polar surface area (TPSA) is 57.6 Å². The van der Waals surface area contributed by atoms with Gasteiger partial charge in [0.15, 0.2) is 5.78 Å². The zero-order valence-electron chi connectivity index (χ0n) is 12.3. The number of carbonyl (C=O) groups excluding carboxylic acids is 1. The van der Waals surface area contributed by atoms with Gasteiger partial charge in [-0.1, -0.05) is 0 Å². The van der Waals surface area contributed by atoms with E-state index in [2.05, 4.69) is 4.90 Å². The highest BCUT2D eigenvalue weighted by Gasteiger charge is 2.31. The zero-order chi connectivity index (χ0) is 14.9. The highest BCUT2D eigenvalue weighted by molar-refractivity contribution is 5.94. The molecule has 0 bridgehead atoms. The molecule has 0 radical (unpaired) electrons. The fourth-order valence-corrected chi connectivity index (χ4v) is 2.60. The number of fused-ring (bicyclic) bond motifs is 1. The normalized spacial score (nSPS) is 14.8. The van der Waals surface area contributed by atoms with Crippen molar-refractivity contribution in [2.24, 2.45) is 5.41 Å². The summed E-state index contributed by atoms with van der Waals surface area (Å²) >= 11 is 0. The smallest absolute Gasteiger partial charge is 0.310 e. The van der Waals surface area contributed by atoms with E-state index in [1.54, 1.807) is 20.8 Å². The lowest BCUT2D eigenvalue weighted by Crippen LogP contribution is -2.41. The number of hydrogen-bond donors (Lipinski definition) is 1. The molecule has 20 heavy (non-hydrogen) atoms. The molecule has 1 aromatic carbocycles. The number of nitrogens with zero attached hydrogens (tertiary/aromatic N) is 1. The number of aryl methyl sites for hydroxylation is 1. The first-order chi connectivity index (χ1) is 9.31. The van der Waals surface area contributed by atoms with E-state index in [9.17, 15) is 14.7 Å². The van der Waals surface area contributed by atoms with Gasteiger partial charge in [0.05, 0.1) is 5.41 Å². The fraction of sp³-hybridized carbons (Fsp3) is 0.500. The molecule has 0 saturated carbocycles. The highest BCUT2D eigenvalue weighted by atomic mass is 16.4. The number of anilines is 1. The predicted octanol–water partition coefficient (Wildman–Crippen LogP) is 2.75. The van der Waals surface area contributed by atoms with Crippen LogP contribution in [0.4, 0.5) is 5.69 Å². The van der Waals surface area contributed by atoms with E-state index >= 15 is 0 Å². The quantitative estimate of drug-likeness (QED) is 0.858. The Bertz CT molecular complexity index is 549. The molecular formula is C16H21NO3. The van der Waals surface area contributed by atoms with E-state index < -0.39 is 11.4 Å². The highest BCUT2D eigenvalue weighted by Crippen LogP contribution is 2.31. The molecule has 1 aliphatic heterocycles. The van der Waals surface area contributed by atoms with Crippen LogP contribution < -0.4 is 4.90 Å². The minimum atomic E-state index is -0.787. The van der Waals surface area contributed by atoms with Gasteiger partial charge in [0.25, 0.3) is 0 Å². The number of Topliss-reactive ketones (excluding diaryl/α,β-unsaturated/α-hetero) is 1. The Hall–Kier alpha value is -1.84. The summed E-state index contributed by atoms with van der Waals surface area (Å²) in [7, 11) is 0. The molecule has 0 aromatic heterocycles. The van der Waals surface area contributed by atoms with Crippen LogP contribution in [0.2, 0.25) is 0 Å². The van der Waals surface area contributed by atoms with Gasteiger partial charge >= 0.3 is 5.97 Å². The summed E-state index contributed by atoms with van der Waals surface area (Å²) in [5, 5.41) is 9.27. The van der Waals surface area contributed by atoms with Crippen molar-refractivity contribution in [1.29, 1.82) is 0 Å². The number of hydrogen-bond acceptors (Lipinski definition) is 3. The molecular weight excluding hydrogens is 254 g/mol. The Balaban J connectivity index is 2.29. The van der Waals surface area contributed by atoms with E-state index in [1.807, 2.05) is 18.2 Å². The van der Waals surface area contributed by atoms with E-state index in [1.165, 1.54) is 0 Å². The Morgan fingerprint density at radius 2 is 2.05 bits per heavy atom. The summed E-state index contributed by atoms with van der Waals surface area (Å²) in [6.45, 7) is 6.40. The number of benzene rings is 1. The number of carbonyl (C=O) groups is 2. The van der Waals surface area contributed by atoms with Crippen LogP contribution in [0.15, 0.2) is 18.2 Å². The van der Waals surface area contributed by atoms with Crippen molar-refractivity contribution in [2.45, 2.75) is 33.6 Å². The van der Waals surface area contributed by atoms with Crippen molar-refractivity contribution >= 4 is 17.4 Å². The van der Waals surface area contributed by atoms with Gasteiger partial charge in [-0.2, -0.15) is 0 Å². The maximum Gasteiger partial charge on any atom is 0.310 e. The monoisotopic (exact) mass is 275 g/mol. The van der Waals surface area contributed by atoms with E-state index in [4.69, 9.17) is 0 Å². The van der Waals surface area contributed by atoms with Crippen LogP contribution in [0.1, 0.15) is 43.1 Å². The molecule has 0 spiro atoms. The van der Waals surface area contributed by atoms with Crippen LogP contribution in [-0.2, 0) is 11.2 Å². The number of ketones is 1. The number of carboxylic acids is 1. The van der Waals surface area contributed by atoms with Crippen molar-refractivity contribution in [2.75, 3.05) is 18.0 Å². The zero-order valence-corrected chi connectivity index (χ0v) is 12.3. The molecule has 0 amide bonds. The van der Waals surface area contributed by atoms with Crippen LogP contribution in [-0.4, -0.2) is 29.9 Å². The Morgan fingerprint density at radius 3 is 2.65 bits per heavy atom. The Kier molecular flexibility index (Phi) is 3.84. The third-order valence-electron chi connectivity index (χ3n) is 3.87. The van der Waals surface area contributed by atoms with E-state index in [-0.39, 0.29) is 5.78 Å². The molecule has 4 nitrogen and oxygen atoms in total. The second-order valence-electron chi connectivity index (χ2n) is 6.11. The first kappa shape index (κ1) is 14.6. The molecule has 0 saturated heterocycles. The molecule has 4 heteroatoms. The summed E-state index contributed by atoms with van der Waals surface area (Å²) in [6.07, 6.45) is 1.94. The molecule has 1 heterocycles. The first-order valence-electron chi connectivity index (χ1n) is 6.93. The lowest BCUT2D eigenvalue weighted by Gasteiger charge is -2.36. The van der Waals surface area contributed by atoms with Gasteiger partial charge in [-0.3, -0.25) is 9.59 Å². The largest absolute Gasteiger partial charge is 0.481 e. The molecule has 0 atom stereocenters. The minimum Gasteiger partial charge on any atom is -0.481 e. The number of rotatable bonds is 4. The van der Waals surface area contributed by atoms with Crippen molar-refractivity contribution in [3.8, 4) is 0 Å². The third kappa shape index (κ3) is 2.84. The predicted molar refractivity (Wildman–Crippen MR) is 78.4 cm³/mol. The van der Waals surface area contributed by atoms with Crippen LogP contribution in [0, 0.1) is 5.41 Å². The molecule has 1 aliphatic rings. The van der Waals surface area contributed by atoms with Gasteiger partial charge in [0, 0.05) is 24.3 Å². The average Bonchev–Trinajstić information content (AvgIpc) is 2.37. The number of carboxylic acid groups (broad SMARTS) is 1. The summed E-state index contributed by atoms with van der Waals surface area (Å²) in [5.41, 5.74) is 2.15. The lowest BCUT2D eigenvalue weighted by molar-refractivity contribution is -0.146. The summed E-state index contributed by atoms with van der Waals surface area (Å²) in [4.78, 5) is 24.8. The second kappa shape index (κ2) is 5.27. The fourth-order valence-electron chi connectivity index (χ4n) is 2.60. The van der Waals surface area contributed by atoms with Gasteiger partial charge < -0.3 is 10.0 Å². The van der Waals surface area contributed by atoms with Crippen molar-refractivity contribution in [3.63, 3.8) is 0 Å². The van der Waals surface area contributed by atoms with Crippen LogP contribution >= 0.6 is 0 Å². The lowest BCUT2D eigenvalue weighted by atomic mass is 9.90. The van der Waals surface area contributed by atoms with Crippen LogP contribution in [0.5, 0.6) is 0 Å². The minimum absolute atomic E-state index is 0.0655. The Labute approximate surface area is 119 Å².